The van der Waals surface area contributed by atoms with Gasteiger partial charge in [0.15, 0.2) is 0 Å². The Balaban J connectivity index is 1.10. The van der Waals surface area contributed by atoms with Crippen LogP contribution in [0.25, 0.3) is 0 Å². The van der Waals surface area contributed by atoms with E-state index in [4.69, 9.17) is 0 Å². The van der Waals surface area contributed by atoms with Crippen molar-refractivity contribution in [3.63, 3.8) is 0 Å². The van der Waals surface area contributed by atoms with Gasteiger partial charge in [-0.3, -0.25) is 4.98 Å². The zero-order valence-electron chi connectivity index (χ0n) is 22.5. The maximum Gasteiger partial charge on any atom is 0.573 e. The molecule has 0 radical (unpaired) electrons. The molecule has 4 aliphatic rings. The summed E-state index contributed by atoms with van der Waals surface area (Å²) in [4.78, 5) is 13.0. The quantitative estimate of drug-likeness (QED) is 0.291. The molecule has 8 nitrogen and oxygen atoms in total. The van der Waals surface area contributed by atoms with Gasteiger partial charge in [-0.2, -0.15) is 10.2 Å². The second kappa shape index (κ2) is 11.2. The number of hydrogen-bond donors (Lipinski definition) is 3. The number of ether oxygens (including phenoxy) is 1. The Morgan fingerprint density at radius 1 is 1.00 bits per heavy atom. The van der Waals surface area contributed by atoms with Crippen molar-refractivity contribution in [3.05, 3.63) is 71.7 Å². The highest BCUT2D eigenvalue weighted by Gasteiger charge is 2.55. The van der Waals surface area contributed by atoms with Crippen LogP contribution in [0.3, 0.4) is 0 Å². The van der Waals surface area contributed by atoms with Gasteiger partial charge >= 0.3 is 6.36 Å². The Morgan fingerprint density at radius 2 is 1.80 bits per heavy atom. The maximum atomic E-state index is 12.8. The van der Waals surface area contributed by atoms with Crippen LogP contribution in [0, 0.1) is 34.5 Å². The molecule has 41 heavy (non-hydrogen) atoms. The zero-order valence-corrected chi connectivity index (χ0v) is 22.5. The number of nitrogens with one attached hydrogen (secondary N) is 3. The van der Waals surface area contributed by atoms with Gasteiger partial charge in [-0.25, -0.2) is 4.98 Å². The molecule has 4 aliphatic carbocycles. The summed E-state index contributed by atoms with van der Waals surface area (Å²) in [5.41, 5.74) is 2.00. The van der Waals surface area contributed by atoms with Gasteiger partial charge in [-0.1, -0.05) is 24.3 Å². The summed E-state index contributed by atoms with van der Waals surface area (Å²) in [7, 11) is 0. The lowest BCUT2D eigenvalue weighted by Crippen LogP contribution is -2.59. The monoisotopic (exact) mass is 563 g/mol. The van der Waals surface area contributed by atoms with Crippen LogP contribution in [0.4, 0.5) is 24.9 Å². The van der Waals surface area contributed by atoms with E-state index < -0.39 is 6.36 Å². The predicted octanol–water partition coefficient (Wildman–Crippen LogP) is 5.65. The van der Waals surface area contributed by atoms with Crippen LogP contribution >= 0.6 is 0 Å². The number of para-hydroxylation sites is 1. The molecule has 3 aromatic rings. The van der Waals surface area contributed by atoms with E-state index in [1.54, 1.807) is 18.3 Å². The van der Waals surface area contributed by atoms with E-state index >= 15 is 0 Å². The van der Waals surface area contributed by atoms with Gasteiger partial charge in [0.1, 0.15) is 23.2 Å². The number of nitriles is 1. The molecule has 1 unspecified atom stereocenters. The molecule has 0 spiro atoms. The summed E-state index contributed by atoms with van der Waals surface area (Å²) in [5, 5.41) is 20.0. The SMILES string of the molecule is N#Cc1cnc(NCc2ccccc2OC(F)(F)F)nc1NC[C@@]12CC3C[C@H](C1)[C@@H](NCc1cccnc1)[C@@H](C3)C2. The fraction of sp³-hybridized carbons (Fsp3) is 0.467. The van der Waals surface area contributed by atoms with Crippen molar-refractivity contribution in [1.29, 1.82) is 5.26 Å². The van der Waals surface area contributed by atoms with E-state index in [2.05, 4.69) is 47.8 Å². The highest BCUT2D eigenvalue weighted by Crippen LogP contribution is 2.60. The zero-order chi connectivity index (χ0) is 28.5. The van der Waals surface area contributed by atoms with Gasteiger partial charge < -0.3 is 20.7 Å². The predicted molar refractivity (Wildman–Crippen MR) is 147 cm³/mol. The van der Waals surface area contributed by atoms with E-state index in [0.29, 0.717) is 34.8 Å². The Bertz CT molecular complexity index is 1400. The lowest BCUT2D eigenvalue weighted by Gasteiger charge is -2.60. The number of pyridine rings is 1. The summed E-state index contributed by atoms with van der Waals surface area (Å²) >= 11 is 0. The van der Waals surface area contributed by atoms with Gasteiger partial charge in [0, 0.05) is 43.6 Å². The van der Waals surface area contributed by atoms with E-state index in [0.717, 1.165) is 31.8 Å². The van der Waals surface area contributed by atoms with Crippen molar-refractivity contribution in [1.82, 2.24) is 20.3 Å². The topological polar surface area (TPSA) is 108 Å². The van der Waals surface area contributed by atoms with Gasteiger partial charge in [0.25, 0.3) is 0 Å². The first-order chi connectivity index (χ1) is 19.8. The Kier molecular flexibility index (Phi) is 7.43. The normalized spacial score (nSPS) is 26.4. The summed E-state index contributed by atoms with van der Waals surface area (Å²) in [6, 6.07) is 12.7. The van der Waals surface area contributed by atoms with Crippen molar-refractivity contribution in [2.24, 2.45) is 23.2 Å². The fourth-order valence-corrected chi connectivity index (χ4v) is 7.48. The van der Waals surface area contributed by atoms with Crippen LogP contribution in [0.5, 0.6) is 5.75 Å². The molecular formula is C30H32F3N7O. The van der Waals surface area contributed by atoms with Crippen LogP contribution < -0.4 is 20.7 Å². The largest absolute Gasteiger partial charge is 0.573 e. The van der Waals surface area contributed by atoms with E-state index in [1.165, 1.54) is 43.2 Å². The molecule has 5 atom stereocenters. The van der Waals surface area contributed by atoms with Gasteiger partial charge in [-0.05, 0) is 73.0 Å². The van der Waals surface area contributed by atoms with Crippen molar-refractivity contribution < 1.29 is 17.9 Å². The molecule has 11 heteroatoms. The number of hydrogen-bond acceptors (Lipinski definition) is 8. The first kappa shape index (κ1) is 27.3. The molecule has 0 amide bonds. The molecule has 2 aromatic heterocycles. The number of alkyl halides is 3. The molecule has 2 heterocycles. The lowest BCUT2D eigenvalue weighted by atomic mass is 9.48. The van der Waals surface area contributed by atoms with Crippen LogP contribution in [-0.2, 0) is 13.1 Å². The lowest BCUT2D eigenvalue weighted by molar-refractivity contribution is -0.274. The minimum absolute atomic E-state index is 0.0278. The third kappa shape index (κ3) is 6.22. The first-order valence-corrected chi connectivity index (χ1v) is 14.0. The average Bonchev–Trinajstić information content (AvgIpc) is 2.95. The number of nitrogens with zero attached hydrogens (tertiary/aromatic N) is 4. The molecule has 4 bridgehead atoms. The number of rotatable bonds is 10. The van der Waals surface area contributed by atoms with E-state index in [9.17, 15) is 18.4 Å². The van der Waals surface area contributed by atoms with Crippen LogP contribution in [0.2, 0.25) is 0 Å². The second-order valence-electron chi connectivity index (χ2n) is 11.7. The molecule has 4 saturated carbocycles. The van der Waals surface area contributed by atoms with Crippen LogP contribution in [-0.4, -0.2) is 33.9 Å². The molecule has 7 rings (SSSR count). The van der Waals surface area contributed by atoms with Crippen molar-refractivity contribution in [2.45, 2.75) is 57.6 Å². The van der Waals surface area contributed by atoms with E-state index in [1.807, 2.05) is 12.3 Å². The third-order valence-electron chi connectivity index (χ3n) is 8.84. The molecule has 4 fully saturated rings. The van der Waals surface area contributed by atoms with Crippen LogP contribution in [0.15, 0.2) is 55.0 Å². The fourth-order valence-electron chi connectivity index (χ4n) is 7.48. The summed E-state index contributed by atoms with van der Waals surface area (Å²) in [6.45, 7) is 1.58. The van der Waals surface area contributed by atoms with Gasteiger partial charge in [0.05, 0.1) is 6.20 Å². The first-order valence-electron chi connectivity index (χ1n) is 14.0. The molecular weight excluding hydrogens is 531 g/mol. The number of anilines is 2. The summed E-state index contributed by atoms with van der Waals surface area (Å²) < 4.78 is 42.5. The van der Waals surface area contributed by atoms with Crippen LogP contribution in [0.1, 0.15) is 48.8 Å². The van der Waals surface area contributed by atoms with Crippen molar-refractivity contribution in [3.8, 4) is 11.8 Å². The van der Waals surface area contributed by atoms with Gasteiger partial charge in [-0.15, -0.1) is 13.2 Å². The molecule has 1 aromatic carbocycles. The smallest absolute Gasteiger partial charge is 0.405 e. The third-order valence-corrected chi connectivity index (χ3v) is 8.84. The number of benzene rings is 1. The number of halogens is 3. The second-order valence-corrected chi connectivity index (χ2v) is 11.7. The number of aromatic nitrogens is 3. The Labute approximate surface area is 236 Å². The Morgan fingerprint density at radius 3 is 2.54 bits per heavy atom. The van der Waals surface area contributed by atoms with Crippen molar-refractivity contribution in [2.75, 3.05) is 17.2 Å². The molecule has 0 aliphatic heterocycles. The molecule has 0 saturated heterocycles. The highest BCUT2D eigenvalue weighted by molar-refractivity contribution is 5.53. The maximum absolute atomic E-state index is 12.8. The standard InChI is InChI=1S/C30H32F3N7O/c31-30(32,33)41-25-6-2-1-5-21(25)16-37-28-38-17-24(13-34)27(40-28)39-18-29-10-20-8-22(11-29)26(23(9-20)12-29)36-15-19-4-3-7-35-14-19/h1-7,14,17,20,22-23,26,36H,8-12,15-16,18H2,(H2,37,38,39,40)/t20?,22-,23+,26-,29+. The minimum atomic E-state index is -4.79. The van der Waals surface area contributed by atoms with Gasteiger partial charge in [0.2, 0.25) is 5.95 Å². The minimum Gasteiger partial charge on any atom is -0.405 e. The summed E-state index contributed by atoms with van der Waals surface area (Å²) in [6.07, 6.45) is 6.32. The van der Waals surface area contributed by atoms with Crippen molar-refractivity contribution >= 4 is 11.8 Å². The average molecular weight is 564 g/mol. The Hall–Kier alpha value is -3.91. The highest BCUT2D eigenvalue weighted by atomic mass is 19.4. The molecule has 3 N–H and O–H groups in total. The summed E-state index contributed by atoms with van der Waals surface area (Å²) in [5.74, 6) is 2.34. The van der Waals surface area contributed by atoms with E-state index in [-0.39, 0.29) is 23.7 Å². The molecule has 214 valence electrons.